The second-order valence-corrected chi connectivity index (χ2v) is 6.53. The Hall–Kier alpha value is -1.86. The minimum atomic E-state index is -0.994. The van der Waals surface area contributed by atoms with Gasteiger partial charge in [-0.05, 0) is 24.3 Å². The molecule has 24 heavy (non-hydrogen) atoms. The van der Waals surface area contributed by atoms with Gasteiger partial charge in [-0.1, -0.05) is 18.5 Å². The van der Waals surface area contributed by atoms with E-state index in [2.05, 4.69) is 4.98 Å². The molecule has 1 N–H and O–H groups in total. The van der Waals surface area contributed by atoms with Crippen molar-refractivity contribution >= 4 is 29.3 Å². The summed E-state index contributed by atoms with van der Waals surface area (Å²) in [5.41, 5.74) is 0.963. The fourth-order valence-electron chi connectivity index (χ4n) is 2.66. The second-order valence-electron chi connectivity index (χ2n) is 5.32. The first-order valence-corrected chi connectivity index (χ1v) is 9.10. The molecule has 3 rings (SSSR count). The highest BCUT2D eigenvalue weighted by Gasteiger charge is 2.24. The van der Waals surface area contributed by atoms with Gasteiger partial charge in [0.15, 0.2) is 17.2 Å². The molecule has 0 amide bonds. The number of hydrogen-bond donors (Lipinski definition) is 1. The van der Waals surface area contributed by atoms with Crippen molar-refractivity contribution in [3.63, 3.8) is 0 Å². The molecular formula is C16H17ClN2O4S. The summed E-state index contributed by atoms with van der Waals surface area (Å²) in [5, 5.41) is 10.6. The van der Waals surface area contributed by atoms with Gasteiger partial charge < -0.3 is 19.1 Å². The Labute approximate surface area is 148 Å². The van der Waals surface area contributed by atoms with Gasteiger partial charge in [-0.3, -0.25) is 0 Å². The van der Waals surface area contributed by atoms with Crippen molar-refractivity contribution in [2.75, 3.05) is 13.0 Å². The highest BCUT2D eigenvalue weighted by atomic mass is 35.5. The summed E-state index contributed by atoms with van der Waals surface area (Å²) in [6, 6.07) is 3.50. The maximum atomic E-state index is 11.7. The Morgan fingerprint density at radius 3 is 2.75 bits per heavy atom. The van der Waals surface area contributed by atoms with Gasteiger partial charge in [-0.25, -0.2) is 9.78 Å². The molecule has 0 fully saturated rings. The molecule has 0 saturated carbocycles. The molecule has 2 heterocycles. The third-order valence-electron chi connectivity index (χ3n) is 3.75. The first kappa shape index (κ1) is 17.0. The van der Waals surface area contributed by atoms with Crippen molar-refractivity contribution in [1.82, 2.24) is 9.55 Å². The standard InChI is InChI=1S/C16H17ClN2O4S/c1-3-4-13-18-15(24-2)14(16(20)21)19(13)7-9-5-11-12(6-10(9)17)23-8-22-11/h5-6H,3-4,7-8H2,1-2H3,(H,20,21). The predicted molar refractivity (Wildman–Crippen MR) is 91.6 cm³/mol. The van der Waals surface area contributed by atoms with E-state index in [4.69, 9.17) is 21.1 Å². The van der Waals surface area contributed by atoms with Crippen LogP contribution in [0.4, 0.5) is 0 Å². The van der Waals surface area contributed by atoms with Crippen molar-refractivity contribution in [3.05, 3.63) is 34.2 Å². The number of nitrogens with zero attached hydrogens (tertiary/aromatic N) is 2. The third-order valence-corrected chi connectivity index (χ3v) is 4.78. The molecule has 0 saturated heterocycles. The zero-order valence-electron chi connectivity index (χ0n) is 13.3. The molecule has 1 aliphatic rings. The van der Waals surface area contributed by atoms with Crippen molar-refractivity contribution in [1.29, 1.82) is 0 Å². The van der Waals surface area contributed by atoms with Gasteiger partial charge in [0, 0.05) is 17.5 Å². The number of aromatic nitrogens is 2. The Bertz CT molecular complexity index is 791. The van der Waals surface area contributed by atoms with Gasteiger partial charge in [0.05, 0.1) is 6.54 Å². The van der Waals surface area contributed by atoms with Crippen molar-refractivity contribution in [2.24, 2.45) is 0 Å². The number of hydrogen-bond acceptors (Lipinski definition) is 5. The van der Waals surface area contributed by atoms with Gasteiger partial charge >= 0.3 is 5.97 Å². The average Bonchev–Trinajstić information content (AvgIpc) is 3.12. The molecule has 2 aromatic rings. The summed E-state index contributed by atoms with van der Waals surface area (Å²) in [6.45, 7) is 2.52. The maximum absolute atomic E-state index is 11.7. The number of halogens is 1. The largest absolute Gasteiger partial charge is 0.476 e. The van der Waals surface area contributed by atoms with Gasteiger partial charge in [0.2, 0.25) is 6.79 Å². The Morgan fingerprint density at radius 2 is 2.12 bits per heavy atom. The van der Waals surface area contributed by atoms with Crippen molar-refractivity contribution in [3.8, 4) is 11.5 Å². The molecule has 1 aromatic heterocycles. The number of aryl methyl sites for hydroxylation is 1. The summed E-state index contributed by atoms with van der Waals surface area (Å²) < 4.78 is 12.4. The second kappa shape index (κ2) is 6.94. The van der Waals surface area contributed by atoms with Gasteiger partial charge in [-0.2, -0.15) is 0 Å². The number of carbonyl (C=O) groups is 1. The Balaban J connectivity index is 2.06. The van der Waals surface area contributed by atoms with E-state index < -0.39 is 5.97 Å². The Kier molecular flexibility index (Phi) is 4.91. The zero-order valence-corrected chi connectivity index (χ0v) is 14.9. The minimum absolute atomic E-state index is 0.165. The number of carboxylic acids is 1. The molecule has 0 atom stereocenters. The summed E-state index contributed by atoms with van der Waals surface area (Å²) in [5.74, 6) is 0.971. The van der Waals surface area contributed by atoms with Crippen LogP contribution in [-0.4, -0.2) is 33.7 Å². The molecule has 1 aliphatic heterocycles. The number of thioether (sulfide) groups is 1. The molecule has 8 heteroatoms. The number of rotatable bonds is 6. The van der Waals surface area contributed by atoms with Crippen LogP contribution >= 0.6 is 23.4 Å². The topological polar surface area (TPSA) is 73.6 Å². The van der Waals surface area contributed by atoms with E-state index in [1.54, 1.807) is 16.7 Å². The van der Waals surface area contributed by atoms with Crippen LogP contribution in [0.1, 0.15) is 35.2 Å². The molecule has 128 valence electrons. The molecule has 0 bridgehead atoms. The molecule has 1 aromatic carbocycles. The quantitative estimate of drug-likeness (QED) is 0.784. The van der Waals surface area contributed by atoms with E-state index in [9.17, 15) is 9.90 Å². The fourth-order valence-corrected chi connectivity index (χ4v) is 3.46. The van der Waals surface area contributed by atoms with Gasteiger partial charge in [0.1, 0.15) is 10.9 Å². The highest BCUT2D eigenvalue weighted by molar-refractivity contribution is 7.98. The molecular weight excluding hydrogens is 352 g/mol. The van der Waals surface area contributed by atoms with Crippen LogP contribution in [0.15, 0.2) is 17.2 Å². The molecule has 6 nitrogen and oxygen atoms in total. The van der Waals surface area contributed by atoms with E-state index >= 15 is 0 Å². The summed E-state index contributed by atoms with van der Waals surface area (Å²) in [7, 11) is 0. The van der Waals surface area contributed by atoms with E-state index in [-0.39, 0.29) is 12.5 Å². The fraction of sp³-hybridized carbons (Fsp3) is 0.375. The monoisotopic (exact) mass is 368 g/mol. The lowest BCUT2D eigenvalue weighted by molar-refractivity contribution is 0.0681. The van der Waals surface area contributed by atoms with E-state index in [0.717, 1.165) is 17.8 Å². The maximum Gasteiger partial charge on any atom is 0.355 e. The van der Waals surface area contributed by atoms with E-state index in [1.165, 1.54) is 11.8 Å². The first-order valence-electron chi connectivity index (χ1n) is 7.49. The van der Waals surface area contributed by atoms with Crippen LogP contribution in [0.3, 0.4) is 0 Å². The van der Waals surface area contributed by atoms with Crippen molar-refractivity contribution in [2.45, 2.75) is 31.3 Å². The summed E-state index contributed by atoms with van der Waals surface area (Å²) in [6.07, 6.45) is 3.39. The molecule has 0 radical (unpaired) electrons. The van der Waals surface area contributed by atoms with Crippen LogP contribution < -0.4 is 9.47 Å². The lowest BCUT2D eigenvalue weighted by Crippen LogP contribution is -2.13. The van der Waals surface area contributed by atoms with Crippen LogP contribution in [0, 0.1) is 0 Å². The van der Waals surface area contributed by atoms with Crippen LogP contribution in [0.5, 0.6) is 11.5 Å². The average molecular weight is 369 g/mol. The summed E-state index contributed by atoms with van der Waals surface area (Å²) >= 11 is 7.67. The number of aromatic carboxylic acids is 1. The van der Waals surface area contributed by atoms with Gasteiger partial charge in [0.25, 0.3) is 0 Å². The van der Waals surface area contributed by atoms with Crippen LogP contribution in [0.25, 0.3) is 0 Å². The molecule has 0 spiro atoms. The number of carboxylic acid groups (broad SMARTS) is 1. The van der Waals surface area contributed by atoms with Crippen LogP contribution in [-0.2, 0) is 13.0 Å². The third kappa shape index (κ3) is 3.06. The normalized spacial score (nSPS) is 12.6. The SMILES string of the molecule is CCCc1nc(SC)c(C(=O)O)n1Cc1cc2c(cc1Cl)OCO2. The Morgan fingerprint density at radius 1 is 1.42 bits per heavy atom. The van der Waals surface area contributed by atoms with E-state index in [0.29, 0.717) is 34.5 Å². The highest BCUT2D eigenvalue weighted by Crippen LogP contribution is 2.37. The molecule has 0 unspecified atom stereocenters. The zero-order chi connectivity index (χ0) is 17.3. The number of benzene rings is 1. The van der Waals surface area contributed by atoms with E-state index in [1.807, 2.05) is 13.2 Å². The number of ether oxygens (including phenoxy) is 2. The lowest BCUT2D eigenvalue weighted by Gasteiger charge is -2.12. The van der Waals surface area contributed by atoms with Crippen molar-refractivity contribution < 1.29 is 19.4 Å². The molecule has 0 aliphatic carbocycles. The van der Waals surface area contributed by atoms with Crippen LogP contribution in [0.2, 0.25) is 5.02 Å². The number of fused-ring (bicyclic) bond motifs is 1. The van der Waals surface area contributed by atoms with Gasteiger partial charge in [-0.15, -0.1) is 11.8 Å². The minimum Gasteiger partial charge on any atom is -0.476 e. The first-order chi connectivity index (χ1) is 11.5. The summed E-state index contributed by atoms with van der Waals surface area (Å²) in [4.78, 5) is 16.2. The lowest BCUT2D eigenvalue weighted by atomic mass is 10.2. The predicted octanol–water partition coefficient (Wildman–Crippen LogP) is 3.69. The number of imidazole rings is 1. The smallest absolute Gasteiger partial charge is 0.355 e.